The highest BCUT2D eigenvalue weighted by Gasteiger charge is 2.13. The summed E-state index contributed by atoms with van der Waals surface area (Å²) < 4.78 is 21.4. The Bertz CT molecular complexity index is 825. The molecule has 0 fully saturated rings. The first-order chi connectivity index (χ1) is 13.5. The molecule has 1 heterocycles. The molecule has 9 nitrogen and oxygen atoms in total. The standard InChI is InChI=1S/C17H19NO4.C2H2O4/c1-19-15-5-3-4-13(17(15)20-2)10-18-9-12-6-7-14-16(8-12)22-11-21-14;3-1(4)2(5)6/h3-8,18H,9-11H2,1-2H3;(H,3,4)(H,5,6). The molecule has 9 heteroatoms. The molecule has 1 aliphatic heterocycles. The third-order valence-corrected chi connectivity index (χ3v) is 3.75. The minimum atomic E-state index is -1.82. The van der Waals surface area contributed by atoms with Crippen LogP contribution in [-0.2, 0) is 22.7 Å². The summed E-state index contributed by atoms with van der Waals surface area (Å²) in [6, 6.07) is 11.8. The molecule has 1 aliphatic rings. The number of carboxylic acids is 2. The molecule has 0 unspecified atom stereocenters. The molecule has 0 amide bonds. The Morgan fingerprint density at radius 1 is 1.00 bits per heavy atom. The minimum Gasteiger partial charge on any atom is -0.493 e. The van der Waals surface area contributed by atoms with Crippen molar-refractivity contribution in [3.63, 3.8) is 0 Å². The lowest BCUT2D eigenvalue weighted by Crippen LogP contribution is -2.13. The van der Waals surface area contributed by atoms with Crippen LogP contribution in [0.5, 0.6) is 23.0 Å². The van der Waals surface area contributed by atoms with Gasteiger partial charge in [-0.1, -0.05) is 18.2 Å². The predicted octanol–water partition coefficient (Wildman–Crippen LogP) is 1.88. The van der Waals surface area contributed by atoms with Gasteiger partial charge in [-0.3, -0.25) is 0 Å². The summed E-state index contributed by atoms with van der Waals surface area (Å²) in [5.41, 5.74) is 2.20. The van der Waals surface area contributed by atoms with Crippen molar-refractivity contribution in [1.29, 1.82) is 0 Å². The van der Waals surface area contributed by atoms with E-state index in [1.807, 2.05) is 36.4 Å². The average molecular weight is 391 g/mol. The van der Waals surface area contributed by atoms with Gasteiger partial charge in [0.2, 0.25) is 6.79 Å². The highest BCUT2D eigenvalue weighted by Crippen LogP contribution is 2.33. The molecular formula is C19H21NO8. The van der Waals surface area contributed by atoms with E-state index in [1.54, 1.807) is 14.2 Å². The summed E-state index contributed by atoms with van der Waals surface area (Å²) in [5, 5.41) is 18.2. The predicted molar refractivity (Wildman–Crippen MR) is 97.9 cm³/mol. The zero-order chi connectivity index (χ0) is 20.5. The van der Waals surface area contributed by atoms with Gasteiger partial charge in [-0.2, -0.15) is 0 Å². The number of fused-ring (bicyclic) bond motifs is 1. The number of carbonyl (C=O) groups is 2. The number of hydrogen-bond acceptors (Lipinski definition) is 7. The number of rotatable bonds is 6. The van der Waals surface area contributed by atoms with E-state index in [9.17, 15) is 0 Å². The van der Waals surface area contributed by atoms with Crippen molar-refractivity contribution in [2.45, 2.75) is 13.1 Å². The van der Waals surface area contributed by atoms with Crippen LogP contribution in [-0.4, -0.2) is 43.2 Å². The van der Waals surface area contributed by atoms with Gasteiger partial charge in [0.05, 0.1) is 14.2 Å². The number of aliphatic carboxylic acids is 2. The Labute approximate surface area is 161 Å². The van der Waals surface area contributed by atoms with Crippen LogP contribution in [0.25, 0.3) is 0 Å². The van der Waals surface area contributed by atoms with E-state index in [1.165, 1.54) is 0 Å². The Morgan fingerprint density at radius 3 is 2.36 bits per heavy atom. The molecule has 0 saturated carbocycles. The van der Waals surface area contributed by atoms with Gasteiger partial charge in [0.1, 0.15) is 0 Å². The molecule has 3 N–H and O–H groups in total. The maximum Gasteiger partial charge on any atom is 0.414 e. The fourth-order valence-corrected chi connectivity index (χ4v) is 2.49. The van der Waals surface area contributed by atoms with Crippen LogP contribution in [0.1, 0.15) is 11.1 Å². The SMILES string of the molecule is COc1cccc(CNCc2ccc3c(c2)OCO3)c1OC.O=C(O)C(=O)O. The first-order valence-corrected chi connectivity index (χ1v) is 8.21. The summed E-state index contributed by atoms with van der Waals surface area (Å²) in [7, 11) is 3.29. The van der Waals surface area contributed by atoms with E-state index in [-0.39, 0.29) is 0 Å². The average Bonchev–Trinajstić information content (AvgIpc) is 3.16. The third kappa shape index (κ3) is 5.52. The van der Waals surface area contributed by atoms with Crippen LogP contribution in [0.3, 0.4) is 0 Å². The van der Waals surface area contributed by atoms with Crippen LogP contribution in [0.15, 0.2) is 36.4 Å². The zero-order valence-corrected chi connectivity index (χ0v) is 15.4. The molecule has 0 aliphatic carbocycles. The van der Waals surface area contributed by atoms with E-state index < -0.39 is 11.9 Å². The van der Waals surface area contributed by atoms with Gasteiger partial charge in [-0.05, 0) is 23.8 Å². The lowest BCUT2D eigenvalue weighted by atomic mass is 10.1. The molecular weight excluding hydrogens is 370 g/mol. The van der Waals surface area contributed by atoms with Crippen LogP contribution in [0.2, 0.25) is 0 Å². The maximum atomic E-state index is 9.10. The first-order valence-electron chi connectivity index (χ1n) is 8.21. The van der Waals surface area contributed by atoms with Crippen LogP contribution in [0, 0.1) is 0 Å². The number of carboxylic acid groups (broad SMARTS) is 2. The van der Waals surface area contributed by atoms with Crippen LogP contribution >= 0.6 is 0 Å². The van der Waals surface area contributed by atoms with Gasteiger partial charge in [0, 0.05) is 18.7 Å². The number of nitrogens with one attached hydrogen (secondary N) is 1. The van der Waals surface area contributed by atoms with E-state index in [4.69, 9.17) is 38.7 Å². The number of para-hydroxylation sites is 1. The molecule has 3 rings (SSSR count). The van der Waals surface area contributed by atoms with Gasteiger partial charge < -0.3 is 34.5 Å². The first kappa shape index (κ1) is 20.8. The molecule has 0 atom stereocenters. The molecule has 150 valence electrons. The lowest BCUT2D eigenvalue weighted by Gasteiger charge is -2.13. The van der Waals surface area contributed by atoms with E-state index in [0.29, 0.717) is 13.3 Å². The van der Waals surface area contributed by atoms with Crippen molar-refractivity contribution in [2.24, 2.45) is 0 Å². The lowest BCUT2D eigenvalue weighted by molar-refractivity contribution is -0.159. The largest absolute Gasteiger partial charge is 0.493 e. The highest BCUT2D eigenvalue weighted by atomic mass is 16.7. The van der Waals surface area contributed by atoms with Crippen molar-refractivity contribution < 1.29 is 38.7 Å². The second-order valence-corrected chi connectivity index (χ2v) is 5.55. The Balaban J connectivity index is 0.000000409. The molecule has 28 heavy (non-hydrogen) atoms. The van der Waals surface area contributed by atoms with Crippen LogP contribution in [0.4, 0.5) is 0 Å². The second-order valence-electron chi connectivity index (χ2n) is 5.55. The van der Waals surface area contributed by atoms with Gasteiger partial charge in [-0.15, -0.1) is 0 Å². The fraction of sp³-hybridized carbons (Fsp3) is 0.263. The number of hydrogen-bond donors (Lipinski definition) is 3. The molecule has 0 aromatic heterocycles. The molecule has 0 radical (unpaired) electrons. The smallest absolute Gasteiger partial charge is 0.414 e. The Kier molecular flexibility index (Phi) is 7.46. The van der Waals surface area contributed by atoms with Crippen molar-refractivity contribution in [3.8, 4) is 23.0 Å². The normalized spacial score (nSPS) is 11.2. The van der Waals surface area contributed by atoms with Crippen LogP contribution < -0.4 is 24.3 Å². The summed E-state index contributed by atoms with van der Waals surface area (Å²) in [6.07, 6.45) is 0. The molecule has 0 bridgehead atoms. The quantitative estimate of drug-likeness (QED) is 0.633. The third-order valence-electron chi connectivity index (χ3n) is 3.75. The van der Waals surface area contributed by atoms with Gasteiger partial charge in [0.15, 0.2) is 23.0 Å². The summed E-state index contributed by atoms with van der Waals surface area (Å²) >= 11 is 0. The summed E-state index contributed by atoms with van der Waals surface area (Å²) in [6.45, 7) is 1.72. The van der Waals surface area contributed by atoms with E-state index >= 15 is 0 Å². The Hall–Kier alpha value is -3.46. The number of benzene rings is 2. The summed E-state index contributed by atoms with van der Waals surface area (Å²) in [5.74, 6) is -0.533. The highest BCUT2D eigenvalue weighted by molar-refractivity contribution is 6.27. The fourth-order valence-electron chi connectivity index (χ4n) is 2.49. The van der Waals surface area contributed by atoms with Gasteiger partial charge in [-0.25, -0.2) is 9.59 Å². The van der Waals surface area contributed by atoms with Gasteiger partial charge in [0.25, 0.3) is 0 Å². The summed E-state index contributed by atoms with van der Waals surface area (Å²) in [4.78, 5) is 18.2. The zero-order valence-electron chi connectivity index (χ0n) is 15.4. The van der Waals surface area contributed by atoms with Crippen molar-refractivity contribution in [1.82, 2.24) is 5.32 Å². The number of methoxy groups -OCH3 is 2. The minimum absolute atomic E-state index is 0.299. The Morgan fingerprint density at radius 2 is 1.71 bits per heavy atom. The molecule has 0 saturated heterocycles. The molecule has 2 aromatic rings. The monoisotopic (exact) mass is 391 g/mol. The van der Waals surface area contributed by atoms with E-state index in [2.05, 4.69) is 5.32 Å². The maximum absolute atomic E-state index is 9.10. The van der Waals surface area contributed by atoms with Crippen molar-refractivity contribution in [3.05, 3.63) is 47.5 Å². The topological polar surface area (TPSA) is 124 Å². The van der Waals surface area contributed by atoms with Crippen molar-refractivity contribution in [2.75, 3.05) is 21.0 Å². The molecule has 2 aromatic carbocycles. The molecule has 0 spiro atoms. The van der Waals surface area contributed by atoms with E-state index in [0.717, 1.165) is 40.7 Å². The van der Waals surface area contributed by atoms with Crippen molar-refractivity contribution >= 4 is 11.9 Å². The number of ether oxygens (including phenoxy) is 4. The second kappa shape index (κ2) is 10.0. The van der Waals surface area contributed by atoms with Gasteiger partial charge >= 0.3 is 11.9 Å².